The Morgan fingerprint density at radius 2 is 1.97 bits per heavy atom. The third-order valence-electron chi connectivity index (χ3n) is 5.44. The molecular weight excluding hydrogens is 507 g/mol. The summed E-state index contributed by atoms with van der Waals surface area (Å²) in [6.45, 7) is 7.13. The van der Waals surface area contributed by atoms with Gasteiger partial charge in [0.2, 0.25) is 0 Å². The monoisotopic (exact) mass is 548 g/mol. The van der Waals surface area contributed by atoms with Crippen LogP contribution in [0.4, 0.5) is 0 Å². The number of likely N-dealkylation sites (tertiary alicyclic amines) is 1. The molecule has 0 radical (unpaired) electrons. The first-order valence-electron chi connectivity index (χ1n) is 11.0. The summed E-state index contributed by atoms with van der Waals surface area (Å²) in [7, 11) is 7.63. The summed E-state index contributed by atoms with van der Waals surface area (Å²) in [6.07, 6.45) is 3.36. The van der Waals surface area contributed by atoms with E-state index >= 15 is 0 Å². The van der Waals surface area contributed by atoms with Crippen molar-refractivity contribution < 1.29 is 14.2 Å². The number of aliphatic imine (C=N–C) groups is 1. The highest BCUT2D eigenvalue weighted by molar-refractivity contribution is 14.0. The summed E-state index contributed by atoms with van der Waals surface area (Å²) in [5.41, 5.74) is 1.21. The van der Waals surface area contributed by atoms with Gasteiger partial charge in [-0.15, -0.1) is 24.0 Å². The van der Waals surface area contributed by atoms with Crippen LogP contribution >= 0.6 is 24.0 Å². The lowest BCUT2D eigenvalue weighted by Gasteiger charge is -2.34. The second-order valence-electron chi connectivity index (χ2n) is 7.85. The quantitative estimate of drug-likeness (QED) is 0.198. The molecule has 0 spiro atoms. The van der Waals surface area contributed by atoms with E-state index < -0.39 is 0 Å². The van der Waals surface area contributed by atoms with Crippen LogP contribution in [0.3, 0.4) is 0 Å². The summed E-state index contributed by atoms with van der Waals surface area (Å²) < 4.78 is 16.5. The number of rotatable bonds is 11. The van der Waals surface area contributed by atoms with Crippen LogP contribution in [-0.4, -0.2) is 89.6 Å². The molecule has 8 heteroatoms. The van der Waals surface area contributed by atoms with Crippen LogP contribution in [0.15, 0.2) is 29.3 Å². The van der Waals surface area contributed by atoms with Crippen molar-refractivity contribution in [3.8, 4) is 5.75 Å². The third kappa shape index (κ3) is 9.51. The predicted molar refractivity (Wildman–Crippen MR) is 138 cm³/mol. The van der Waals surface area contributed by atoms with E-state index in [2.05, 4.69) is 48.3 Å². The zero-order chi connectivity index (χ0) is 21.8. The Morgan fingerprint density at radius 1 is 1.23 bits per heavy atom. The summed E-state index contributed by atoms with van der Waals surface area (Å²) in [4.78, 5) is 9.56. The Bertz CT molecular complexity index is 637. The maximum atomic E-state index is 6.00. The van der Waals surface area contributed by atoms with Crippen molar-refractivity contribution in [2.75, 3.05) is 67.7 Å². The minimum Gasteiger partial charge on any atom is -0.497 e. The molecule has 1 N–H and O–H groups in total. The molecule has 1 aliphatic heterocycles. The lowest BCUT2D eigenvalue weighted by atomic mass is 10.1. The molecule has 7 nitrogen and oxygen atoms in total. The second-order valence-corrected chi connectivity index (χ2v) is 7.85. The van der Waals surface area contributed by atoms with Gasteiger partial charge in [0.05, 0.1) is 25.8 Å². The van der Waals surface area contributed by atoms with E-state index in [0.717, 1.165) is 63.8 Å². The second kappa shape index (κ2) is 15.7. The molecule has 0 bridgehead atoms. The van der Waals surface area contributed by atoms with Crippen molar-refractivity contribution >= 4 is 29.9 Å². The lowest BCUT2D eigenvalue weighted by Crippen LogP contribution is -2.47. The number of guanidine groups is 1. The Hall–Kier alpha value is -1.10. The van der Waals surface area contributed by atoms with Gasteiger partial charge >= 0.3 is 0 Å². The van der Waals surface area contributed by atoms with Crippen molar-refractivity contribution in [2.45, 2.75) is 38.3 Å². The Morgan fingerprint density at radius 3 is 2.58 bits per heavy atom. The van der Waals surface area contributed by atoms with Gasteiger partial charge in [0.1, 0.15) is 5.75 Å². The highest BCUT2D eigenvalue weighted by Crippen LogP contribution is 2.23. The number of hydrogen-bond acceptors (Lipinski definition) is 5. The van der Waals surface area contributed by atoms with Gasteiger partial charge in [-0.25, -0.2) is 0 Å². The average molecular weight is 549 g/mol. The number of piperidine rings is 1. The molecule has 1 saturated heterocycles. The number of hydrogen-bond donors (Lipinski definition) is 1. The number of likely N-dealkylation sites (N-methyl/N-ethyl adjacent to an activating group) is 1. The van der Waals surface area contributed by atoms with Gasteiger partial charge in [0, 0.05) is 40.0 Å². The first-order valence-corrected chi connectivity index (χ1v) is 11.0. The van der Waals surface area contributed by atoms with Crippen molar-refractivity contribution in [3.63, 3.8) is 0 Å². The maximum Gasteiger partial charge on any atom is 0.193 e. The Labute approximate surface area is 205 Å². The van der Waals surface area contributed by atoms with Crippen LogP contribution < -0.4 is 10.1 Å². The van der Waals surface area contributed by atoms with Gasteiger partial charge in [-0.1, -0.05) is 12.1 Å². The fourth-order valence-corrected chi connectivity index (χ4v) is 3.70. The first kappa shape index (κ1) is 27.9. The Balaban J connectivity index is 0.00000480. The van der Waals surface area contributed by atoms with Crippen molar-refractivity contribution in [2.24, 2.45) is 4.99 Å². The van der Waals surface area contributed by atoms with E-state index in [-0.39, 0.29) is 30.0 Å². The van der Waals surface area contributed by atoms with Gasteiger partial charge in [-0.3, -0.25) is 4.99 Å². The fraction of sp³-hybridized carbons (Fsp3) is 0.696. The molecular formula is C23H41IN4O3. The summed E-state index contributed by atoms with van der Waals surface area (Å²) >= 11 is 0. The van der Waals surface area contributed by atoms with Crippen molar-refractivity contribution in [1.29, 1.82) is 0 Å². The summed E-state index contributed by atoms with van der Waals surface area (Å²) in [6, 6.07) is 8.44. The van der Waals surface area contributed by atoms with E-state index in [4.69, 9.17) is 19.2 Å². The number of benzene rings is 1. The fourth-order valence-electron chi connectivity index (χ4n) is 3.70. The molecule has 31 heavy (non-hydrogen) atoms. The molecule has 0 aliphatic carbocycles. The van der Waals surface area contributed by atoms with E-state index in [1.165, 1.54) is 5.56 Å². The standard InChI is InChI=1S/C23H40N4O3.HI/c1-6-24-23(27-13-11-20(12-14-27)30-16-8-15-28-4)25-18-22(26(2)3)19-9-7-10-21(17-19)29-5;/h7,9-10,17,20,22H,6,8,11-16,18H2,1-5H3,(H,24,25);1H. The largest absolute Gasteiger partial charge is 0.497 e. The zero-order valence-corrected chi connectivity index (χ0v) is 22.1. The molecule has 0 saturated carbocycles. The van der Waals surface area contributed by atoms with Gasteiger partial charge in [-0.2, -0.15) is 0 Å². The predicted octanol–water partition coefficient (Wildman–Crippen LogP) is 3.40. The maximum absolute atomic E-state index is 6.00. The van der Waals surface area contributed by atoms with Gasteiger partial charge in [-0.05, 0) is 58.0 Å². The number of nitrogens with one attached hydrogen (secondary N) is 1. The molecule has 0 aromatic heterocycles. The highest BCUT2D eigenvalue weighted by atomic mass is 127. The van der Waals surface area contributed by atoms with Crippen LogP contribution in [0.2, 0.25) is 0 Å². The molecule has 1 atom stereocenters. The molecule has 2 rings (SSSR count). The number of halogens is 1. The molecule has 178 valence electrons. The smallest absolute Gasteiger partial charge is 0.193 e. The lowest BCUT2D eigenvalue weighted by molar-refractivity contribution is 0.00989. The van der Waals surface area contributed by atoms with Gasteiger partial charge in [0.25, 0.3) is 0 Å². The molecule has 1 unspecified atom stereocenters. The number of methoxy groups -OCH3 is 2. The topological polar surface area (TPSA) is 58.6 Å². The normalized spacial score (nSPS) is 16.2. The molecule has 1 fully saturated rings. The molecule has 0 amide bonds. The summed E-state index contributed by atoms with van der Waals surface area (Å²) in [5, 5.41) is 3.47. The minimum absolute atomic E-state index is 0. The first-order chi connectivity index (χ1) is 14.6. The number of ether oxygens (including phenoxy) is 3. The van der Waals surface area contributed by atoms with E-state index in [1.807, 2.05) is 12.1 Å². The highest BCUT2D eigenvalue weighted by Gasteiger charge is 2.22. The van der Waals surface area contributed by atoms with Gasteiger partial charge < -0.3 is 29.3 Å². The third-order valence-corrected chi connectivity index (χ3v) is 5.44. The van der Waals surface area contributed by atoms with Crippen LogP contribution in [0.25, 0.3) is 0 Å². The van der Waals surface area contributed by atoms with Crippen LogP contribution in [0, 0.1) is 0 Å². The molecule has 1 aliphatic rings. The molecule has 1 heterocycles. The number of nitrogens with zero attached hydrogens (tertiary/aromatic N) is 3. The van der Waals surface area contributed by atoms with E-state index in [0.29, 0.717) is 12.6 Å². The van der Waals surface area contributed by atoms with Crippen LogP contribution in [0.1, 0.15) is 37.8 Å². The Kier molecular flexibility index (Phi) is 14.1. The van der Waals surface area contributed by atoms with E-state index in [9.17, 15) is 0 Å². The molecule has 1 aromatic rings. The average Bonchev–Trinajstić information content (AvgIpc) is 2.76. The minimum atomic E-state index is 0. The van der Waals surface area contributed by atoms with Gasteiger partial charge in [0.15, 0.2) is 5.96 Å². The zero-order valence-electron chi connectivity index (χ0n) is 19.8. The van der Waals surface area contributed by atoms with Crippen LogP contribution in [-0.2, 0) is 9.47 Å². The molecule has 1 aromatic carbocycles. The van der Waals surface area contributed by atoms with Crippen molar-refractivity contribution in [3.05, 3.63) is 29.8 Å². The van der Waals surface area contributed by atoms with Crippen molar-refractivity contribution in [1.82, 2.24) is 15.1 Å². The summed E-state index contributed by atoms with van der Waals surface area (Å²) in [5.74, 6) is 1.87. The van der Waals surface area contributed by atoms with E-state index in [1.54, 1.807) is 14.2 Å². The van der Waals surface area contributed by atoms with Crippen LogP contribution in [0.5, 0.6) is 5.75 Å². The SMILES string of the molecule is CCNC(=NCC(c1cccc(OC)c1)N(C)C)N1CCC(OCCCOC)CC1.I.